The molecule has 0 bridgehead atoms. The van der Waals surface area contributed by atoms with Gasteiger partial charge in [0.15, 0.2) is 23.0 Å². The standard InChI is InChI=1S/C23H16INO6/c1-13-5-7-15(8-6-13)22(26)30-20-16(24)10-14(12-19(20)28-2)11-17-23(27)31-21(25-17)18-4-3-9-29-18/h3-12H,1-2H3/b17-11-. The normalized spacial score (nSPS) is 14.4. The maximum absolute atomic E-state index is 12.5. The first kappa shape index (κ1) is 20.9. The first-order chi connectivity index (χ1) is 14.9. The molecule has 0 radical (unpaired) electrons. The molecule has 1 aromatic heterocycles. The summed E-state index contributed by atoms with van der Waals surface area (Å²) in [5.41, 5.74) is 2.23. The number of aliphatic imine (C=N–C) groups is 1. The third-order valence-corrected chi connectivity index (χ3v) is 5.19. The van der Waals surface area contributed by atoms with Gasteiger partial charge in [-0.25, -0.2) is 14.6 Å². The molecule has 0 fully saturated rings. The number of benzene rings is 2. The molecule has 2 heterocycles. The van der Waals surface area contributed by atoms with E-state index in [1.165, 1.54) is 13.4 Å². The number of aryl methyl sites for hydroxylation is 1. The Morgan fingerprint density at radius 3 is 2.61 bits per heavy atom. The van der Waals surface area contributed by atoms with Crippen LogP contribution >= 0.6 is 22.6 Å². The lowest BCUT2D eigenvalue weighted by atomic mass is 10.1. The molecule has 156 valence electrons. The molecule has 0 atom stereocenters. The Morgan fingerprint density at radius 2 is 1.94 bits per heavy atom. The lowest BCUT2D eigenvalue weighted by molar-refractivity contribution is -0.130. The van der Waals surface area contributed by atoms with Gasteiger partial charge in [0.25, 0.3) is 5.90 Å². The predicted octanol–water partition coefficient (Wildman–Crippen LogP) is 4.76. The molecular formula is C23H16INO6. The molecule has 0 saturated carbocycles. The van der Waals surface area contributed by atoms with Gasteiger partial charge in [-0.15, -0.1) is 0 Å². The number of nitrogens with zero attached hydrogens (tertiary/aromatic N) is 1. The molecule has 0 saturated heterocycles. The zero-order chi connectivity index (χ0) is 22.0. The zero-order valence-electron chi connectivity index (χ0n) is 16.5. The SMILES string of the molecule is COc1cc(/C=C2\N=C(c3ccco3)OC2=O)cc(I)c1OC(=O)c1ccc(C)cc1. The summed E-state index contributed by atoms with van der Waals surface area (Å²) in [7, 11) is 1.47. The van der Waals surface area contributed by atoms with Crippen molar-refractivity contribution in [3.05, 3.63) is 86.5 Å². The van der Waals surface area contributed by atoms with Crippen molar-refractivity contribution in [3.63, 3.8) is 0 Å². The van der Waals surface area contributed by atoms with E-state index in [-0.39, 0.29) is 11.6 Å². The number of ether oxygens (including phenoxy) is 3. The van der Waals surface area contributed by atoms with E-state index in [1.54, 1.807) is 42.5 Å². The van der Waals surface area contributed by atoms with Gasteiger partial charge < -0.3 is 18.6 Å². The van der Waals surface area contributed by atoms with Crippen LogP contribution in [0, 0.1) is 10.5 Å². The Morgan fingerprint density at radius 1 is 1.16 bits per heavy atom. The highest BCUT2D eigenvalue weighted by Crippen LogP contribution is 2.35. The average Bonchev–Trinajstić information content (AvgIpc) is 3.40. The molecule has 8 heteroatoms. The van der Waals surface area contributed by atoms with Crippen molar-refractivity contribution in [2.45, 2.75) is 6.92 Å². The lowest BCUT2D eigenvalue weighted by Crippen LogP contribution is -2.10. The number of methoxy groups -OCH3 is 1. The van der Waals surface area contributed by atoms with Gasteiger partial charge in [0.1, 0.15) is 0 Å². The molecule has 0 N–H and O–H groups in total. The van der Waals surface area contributed by atoms with Crippen LogP contribution in [0.3, 0.4) is 0 Å². The van der Waals surface area contributed by atoms with E-state index in [0.29, 0.717) is 32.0 Å². The molecule has 1 aliphatic heterocycles. The molecular weight excluding hydrogens is 513 g/mol. The largest absolute Gasteiger partial charge is 0.493 e. The monoisotopic (exact) mass is 529 g/mol. The van der Waals surface area contributed by atoms with Crippen molar-refractivity contribution < 1.29 is 28.2 Å². The number of hydrogen-bond acceptors (Lipinski definition) is 7. The molecule has 1 aliphatic rings. The highest BCUT2D eigenvalue weighted by Gasteiger charge is 2.26. The van der Waals surface area contributed by atoms with Crippen LogP contribution in [0.5, 0.6) is 11.5 Å². The van der Waals surface area contributed by atoms with Crippen LogP contribution in [0.2, 0.25) is 0 Å². The maximum atomic E-state index is 12.5. The third-order valence-electron chi connectivity index (χ3n) is 4.39. The van der Waals surface area contributed by atoms with E-state index in [2.05, 4.69) is 4.99 Å². The minimum Gasteiger partial charge on any atom is -0.493 e. The van der Waals surface area contributed by atoms with Crippen molar-refractivity contribution in [3.8, 4) is 11.5 Å². The second kappa shape index (κ2) is 8.76. The fourth-order valence-corrected chi connectivity index (χ4v) is 3.57. The van der Waals surface area contributed by atoms with Crippen molar-refractivity contribution in [2.75, 3.05) is 7.11 Å². The summed E-state index contributed by atoms with van der Waals surface area (Å²) in [4.78, 5) is 28.9. The highest BCUT2D eigenvalue weighted by molar-refractivity contribution is 14.1. The Bertz CT molecular complexity index is 1210. The molecule has 0 unspecified atom stereocenters. The van der Waals surface area contributed by atoms with Crippen LogP contribution in [0.15, 0.2) is 69.9 Å². The second-order valence-electron chi connectivity index (χ2n) is 6.60. The fourth-order valence-electron chi connectivity index (χ4n) is 2.84. The molecule has 2 aromatic carbocycles. The Labute approximate surface area is 191 Å². The van der Waals surface area contributed by atoms with E-state index in [9.17, 15) is 9.59 Å². The van der Waals surface area contributed by atoms with E-state index in [4.69, 9.17) is 18.6 Å². The number of cyclic esters (lactones) is 1. The quantitative estimate of drug-likeness (QED) is 0.205. The van der Waals surface area contributed by atoms with E-state index in [1.807, 2.05) is 41.6 Å². The van der Waals surface area contributed by atoms with E-state index < -0.39 is 11.9 Å². The van der Waals surface area contributed by atoms with Crippen LogP contribution in [-0.2, 0) is 9.53 Å². The van der Waals surface area contributed by atoms with Gasteiger partial charge >= 0.3 is 11.9 Å². The van der Waals surface area contributed by atoms with Gasteiger partial charge in [0.2, 0.25) is 0 Å². The Kier molecular flexibility index (Phi) is 5.90. The van der Waals surface area contributed by atoms with Gasteiger partial charge in [-0.3, -0.25) is 0 Å². The van der Waals surface area contributed by atoms with Crippen molar-refractivity contribution in [1.82, 2.24) is 0 Å². The van der Waals surface area contributed by atoms with Crippen LogP contribution in [-0.4, -0.2) is 24.9 Å². The molecule has 0 aliphatic carbocycles. The summed E-state index contributed by atoms with van der Waals surface area (Å²) < 4.78 is 22.0. The van der Waals surface area contributed by atoms with Crippen LogP contribution < -0.4 is 9.47 Å². The molecule has 4 rings (SSSR count). The van der Waals surface area contributed by atoms with Gasteiger partial charge in [-0.05, 0) is 77.6 Å². The van der Waals surface area contributed by atoms with E-state index in [0.717, 1.165) is 5.56 Å². The molecule has 3 aromatic rings. The summed E-state index contributed by atoms with van der Waals surface area (Å²) in [6.45, 7) is 1.94. The Hall–Kier alpha value is -3.40. The Balaban J connectivity index is 1.62. The summed E-state index contributed by atoms with van der Waals surface area (Å²) >= 11 is 2.04. The summed E-state index contributed by atoms with van der Waals surface area (Å²) in [6.07, 6.45) is 3.03. The molecule has 7 nitrogen and oxygen atoms in total. The average molecular weight is 529 g/mol. The highest BCUT2D eigenvalue weighted by atomic mass is 127. The summed E-state index contributed by atoms with van der Waals surface area (Å²) in [6, 6.07) is 13.8. The van der Waals surface area contributed by atoms with Gasteiger partial charge in [0.05, 0.1) is 22.5 Å². The van der Waals surface area contributed by atoms with Gasteiger partial charge in [-0.2, -0.15) is 0 Å². The fraction of sp³-hybridized carbons (Fsp3) is 0.0870. The van der Waals surface area contributed by atoms with Crippen molar-refractivity contribution in [2.24, 2.45) is 4.99 Å². The minimum atomic E-state index is -0.588. The van der Waals surface area contributed by atoms with Gasteiger partial charge in [-0.1, -0.05) is 17.7 Å². The minimum absolute atomic E-state index is 0.103. The van der Waals surface area contributed by atoms with Crippen LogP contribution in [0.4, 0.5) is 0 Å². The lowest BCUT2D eigenvalue weighted by Gasteiger charge is -2.12. The smallest absolute Gasteiger partial charge is 0.363 e. The number of rotatable bonds is 5. The van der Waals surface area contributed by atoms with E-state index >= 15 is 0 Å². The van der Waals surface area contributed by atoms with Crippen LogP contribution in [0.1, 0.15) is 27.2 Å². The van der Waals surface area contributed by atoms with Gasteiger partial charge in [0, 0.05) is 0 Å². The maximum Gasteiger partial charge on any atom is 0.363 e. The predicted molar refractivity (Wildman–Crippen MR) is 121 cm³/mol. The van der Waals surface area contributed by atoms with Crippen molar-refractivity contribution >= 4 is 46.5 Å². The number of esters is 2. The number of carbonyl (C=O) groups excluding carboxylic acids is 2. The number of halogens is 1. The number of carbonyl (C=O) groups is 2. The number of furan rings is 1. The summed E-state index contributed by atoms with van der Waals surface area (Å²) in [5.74, 6) is 0.0314. The first-order valence-electron chi connectivity index (χ1n) is 9.17. The first-order valence-corrected chi connectivity index (χ1v) is 10.3. The number of hydrogen-bond donors (Lipinski definition) is 0. The molecule has 0 amide bonds. The molecule has 31 heavy (non-hydrogen) atoms. The summed E-state index contributed by atoms with van der Waals surface area (Å²) in [5, 5.41) is 0. The third kappa shape index (κ3) is 4.53. The zero-order valence-corrected chi connectivity index (χ0v) is 18.7. The van der Waals surface area contributed by atoms with Crippen LogP contribution in [0.25, 0.3) is 6.08 Å². The molecule has 0 spiro atoms. The topological polar surface area (TPSA) is 87.3 Å². The van der Waals surface area contributed by atoms with Crippen molar-refractivity contribution in [1.29, 1.82) is 0 Å². The second-order valence-corrected chi connectivity index (χ2v) is 7.77.